The van der Waals surface area contributed by atoms with Crippen molar-refractivity contribution < 1.29 is 9.53 Å². The fraction of sp³-hybridized carbons (Fsp3) is 0.276. The van der Waals surface area contributed by atoms with E-state index in [2.05, 4.69) is 36.2 Å². The largest absolute Gasteiger partial charge is 0.497 e. The number of hydrogen-bond donors (Lipinski definition) is 2. The average molecular weight is 592 g/mol. The SMILES string of the molecule is COc1ccc(CNc2cc(Cn3c(C(=O)c4cc(C)cc(C)n4)c(C(C)C)c(=O)[nH]c3=O)cc(Br)n2)cc1. The summed E-state index contributed by atoms with van der Waals surface area (Å²) in [5.41, 5.74) is 2.51. The van der Waals surface area contributed by atoms with Gasteiger partial charge < -0.3 is 10.1 Å². The molecule has 0 unspecified atom stereocenters. The number of halogens is 1. The van der Waals surface area contributed by atoms with Gasteiger partial charge in [-0.2, -0.15) is 0 Å². The van der Waals surface area contributed by atoms with Gasteiger partial charge in [-0.3, -0.25) is 19.1 Å². The minimum atomic E-state index is -0.669. The van der Waals surface area contributed by atoms with E-state index in [1.165, 1.54) is 4.57 Å². The molecule has 0 saturated heterocycles. The molecule has 202 valence electrons. The summed E-state index contributed by atoms with van der Waals surface area (Å²) >= 11 is 3.45. The van der Waals surface area contributed by atoms with Gasteiger partial charge >= 0.3 is 5.69 Å². The maximum atomic E-state index is 13.8. The number of aromatic nitrogens is 4. The molecule has 0 amide bonds. The van der Waals surface area contributed by atoms with Crippen molar-refractivity contribution in [3.8, 4) is 5.75 Å². The predicted molar refractivity (Wildman–Crippen MR) is 154 cm³/mol. The number of H-pyrrole nitrogens is 1. The van der Waals surface area contributed by atoms with Gasteiger partial charge in [-0.15, -0.1) is 0 Å². The van der Waals surface area contributed by atoms with Crippen molar-refractivity contribution in [1.82, 2.24) is 19.5 Å². The molecule has 0 spiro atoms. The number of benzene rings is 1. The summed E-state index contributed by atoms with van der Waals surface area (Å²) in [5.74, 6) is 0.576. The summed E-state index contributed by atoms with van der Waals surface area (Å²) in [6.07, 6.45) is 0. The van der Waals surface area contributed by atoms with Gasteiger partial charge in [0.15, 0.2) is 0 Å². The van der Waals surface area contributed by atoms with E-state index in [1.807, 2.05) is 57.2 Å². The van der Waals surface area contributed by atoms with Crippen LogP contribution in [0.15, 0.2) is 62.7 Å². The van der Waals surface area contributed by atoms with E-state index < -0.39 is 17.0 Å². The molecule has 0 aliphatic carbocycles. The standard InChI is InChI=1S/C29H30BrN5O4/c1-16(2)25-26(27(36)22-11-17(3)10-18(4)32-22)35(29(38)34-28(25)37)15-20-12-23(30)33-24(13-20)31-14-19-6-8-21(39-5)9-7-19/h6-13,16H,14-15H2,1-5H3,(H,31,33)(H,34,37,38). The van der Waals surface area contributed by atoms with E-state index in [0.29, 0.717) is 28.2 Å². The first-order chi connectivity index (χ1) is 18.5. The normalized spacial score (nSPS) is 11.1. The molecule has 0 saturated carbocycles. The summed E-state index contributed by atoms with van der Waals surface area (Å²) in [5, 5.41) is 3.29. The molecule has 3 heterocycles. The van der Waals surface area contributed by atoms with Crippen molar-refractivity contribution in [2.45, 2.75) is 46.7 Å². The number of nitrogens with one attached hydrogen (secondary N) is 2. The molecule has 0 atom stereocenters. The summed E-state index contributed by atoms with van der Waals surface area (Å²) in [6, 6.07) is 14.8. The number of pyridine rings is 2. The van der Waals surface area contributed by atoms with Crippen LogP contribution in [-0.4, -0.2) is 32.4 Å². The Hall–Kier alpha value is -4.05. The van der Waals surface area contributed by atoms with Crippen molar-refractivity contribution in [2.24, 2.45) is 0 Å². The Kier molecular flexibility index (Phi) is 8.44. The Balaban J connectivity index is 1.74. The van der Waals surface area contributed by atoms with Crippen LogP contribution in [0.1, 0.15) is 63.9 Å². The first kappa shape index (κ1) is 28.0. The summed E-state index contributed by atoms with van der Waals surface area (Å²) in [7, 11) is 1.62. The third-order valence-electron chi connectivity index (χ3n) is 6.19. The first-order valence-electron chi connectivity index (χ1n) is 12.5. The number of ketones is 1. The number of ether oxygens (including phenoxy) is 1. The Morgan fingerprint density at radius 2 is 1.77 bits per heavy atom. The number of nitrogens with zero attached hydrogens (tertiary/aromatic N) is 3. The zero-order valence-electron chi connectivity index (χ0n) is 22.5. The predicted octanol–water partition coefficient (Wildman–Crippen LogP) is 4.73. The maximum absolute atomic E-state index is 13.8. The van der Waals surface area contributed by atoms with Crippen LogP contribution in [0.4, 0.5) is 5.82 Å². The Morgan fingerprint density at radius 1 is 1.05 bits per heavy atom. The molecule has 2 N–H and O–H groups in total. The monoisotopic (exact) mass is 591 g/mol. The molecule has 3 aromatic heterocycles. The van der Waals surface area contributed by atoms with Crippen LogP contribution in [0.2, 0.25) is 0 Å². The second-order valence-electron chi connectivity index (χ2n) is 9.65. The molecule has 1 aromatic carbocycles. The number of rotatable bonds is 9. The van der Waals surface area contributed by atoms with E-state index >= 15 is 0 Å². The lowest BCUT2D eigenvalue weighted by Gasteiger charge is -2.18. The topological polar surface area (TPSA) is 119 Å². The third-order valence-corrected chi connectivity index (χ3v) is 6.59. The Morgan fingerprint density at radius 3 is 2.41 bits per heavy atom. The smallest absolute Gasteiger partial charge is 0.329 e. The number of carbonyl (C=O) groups excluding carboxylic acids is 1. The van der Waals surface area contributed by atoms with Crippen LogP contribution in [0.3, 0.4) is 0 Å². The third kappa shape index (κ3) is 6.51. The van der Waals surface area contributed by atoms with Gasteiger partial charge in [-0.1, -0.05) is 26.0 Å². The highest BCUT2D eigenvalue weighted by molar-refractivity contribution is 9.10. The minimum Gasteiger partial charge on any atom is -0.497 e. The highest BCUT2D eigenvalue weighted by Gasteiger charge is 2.26. The van der Waals surface area contributed by atoms with Gasteiger partial charge in [0.2, 0.25) is 5.78 Å². The second kappa shape index (κ2) is 11.8. The van der Waals surface area contributed by atoms with E-state index in [0.717, 1.165) is 16.9 Å². The van der Waals surface area contributed by atoms with Crippen molar-refractivity contribution in [2.75, 3.05) is 12.4 Å². The second-order valence-corrected chi connectivity index (χ2v) is 10.5. The van der Waals surface area contributed by atoms with Gasteiger partial charge in [0.05, 0.1) is 13.7 Å². The van der Waals surface area contributed by atoms with Gasteiger partial charge in [0.25, 0.3) is 5.56 Å². The van der Waals surface area contributed by atoms with Crippen molar-refractivity contribution in [1.29, 1.82) is 0 Å². The number of carbonyl (C=O) groups is 1. The Bertz CT molecular complexity index is 1620. The molecule has 0 aliphatic rings. The molecular formula is C29H30BrN5O4. The molecule has 39 heavy (non-hydrogen) atoms. The molecule has 10 heteroatoms. The van der Waals surface area contributed by atoms with Crippen LogP contribution >= 0.6 is 15.9 Å². The van der Waals surface area contributed by atoms with E-state index in [1.54, 1.807) is 26.2 Å². The number of aromatic amines is 1. The minimum absolute atomic E-state index is 0.0388. The van der Waals surface area contributed by atoms with Crippen LogP contribution in [0.5, 0.6) is 5.75 Å². The number of anilines is 1. The van der Waals surface area contributed by atoms with E-state index in [-0.39, 0.29) is 29.4 Å². The molecule has 4 rings (SSSR count). The van der Waals surface area contributed by atoms with E-state index in [9.17, 15) is 14.4 Å². The number of methoxy groups -OCH3 is 1. The van der Waals surface area contributed by atoms with Crippen LogP contribution in [0.25, 0.3) is 0 Å². The van der Waals surface area contributed by atoms with E-state index in [4.69, 9.17) is 4.74 Å². The molecule has 0 fully saturated rings. The van der Waals surface area contributed by atoms with Crippen molar-refractivity contribution in [3.05, 3.63) is 113 Å². The molecule has 0 bridgehead atoms. The highest BCUT2D eigenvalue weighted by atomic mass is 79.9. The molecule has 0 aliphatic heterocycles. The fourth-order valence-electron chi connectivity index (χ4n) is 4.45. The zero-order chi connectivity index (χ0) is 28.3. The molecule has 0 radical (unpaired) electrons. The molecule has 4 aromatic rings. The van der Waals surface area contributed by atoms with Crippen LogP contribution in [0, 0.1) is 13.8 Å². The fourth-order valence-corrected chi connectivity index (χ4v) is 4.93. The molecule has 9 nitrogen and oxygen atoms in total. The lowest BCUT2D eigenvalue weighted by atomic mass is 9.98. The lowest BCUT2D eigenvalue weighted by molar-refractivity contribution is 0.102. The zero-order valence-corrected chi connectivity index (χ0v) is 24.0. The van der Waals surface area contributed by atoms with Gasteiger partial charge in [0, 0.05) is 17.8 Å². The first-order valence-corrected chi connectivity index (χ1v) is 13.2. The van der Waals surface area contributed by atoms with Gasteiger partial charge in [0.1, 0.15) is 27.6 Å². The molecular weight excluding hydrogens is 562 g/mol. The lowest BCUT2D eigenvalue weighted by Crippen LogP contribution is -2.38. The van der Waals surface area contributed by atoms with Crippen molar-refractivity contribution >= 4 is 27.5 Å². The van der Waals surface area contributed by atoms with Gasteiger partial charge in [-0.25, -0.2) is 14.8 Å². The van der Waals surface area contributed by atoms with Crippen LogP contribution in [-0.2, 0) is 13.1 Å². The highest BCUT2D eigenvalue weighted by Crippen LogP contribution is 2.22. The van der Waals surface area contributed by atoms with Crippen LogP contribution < -0.4 is 21.3 Å². The summed E-state index contributed by atoms with van der Waals surface area (Å²) in [4.78, 5) is 51.1. The summed E-state index contributed by atoms with van der Waals surface area (Å²) in [6.45, 7) is 7.86. The quantitative estimate of drug-likeness (QED) is 0.213. The number of hydrogen-bond acceptors (Lipinski definition) is 7. The maximum Gasteiger partial charge on any atom is 0.329 e. The van der Waals surface area contributed by atoms with Crippen molar-refractivity contribution in [3.63, 3.8) is 0 Å². The summed E-state index contributed by atoms with van der Waals surface area (Å²) < 4.78 is 7.08. The Labute approximate surface area is 234 Å². The average Bonchev–Trinajstić information content (AvgIpc) is 2.87. The van der Waals surface area contributed by atoms with Gasteiger partial charge in [-0.05, 0) is 88.8 Å². The number of aryl methyl sites for hydroxylation is 2.